The zero-order valence-corrected chi connectivity index (χ0v) is 19.5. The van der Waals surface area contributed by atoms with Crippen LogP contribution in [0.1, 0.15) is 35.8 Å². The number of ether oxygens (including phenoxy) is 1. The highest BCUT2D eigenvalue weighted by Crippen LogP contribution is 2.31. The monoisotopic (exact) mass is 477 g/mol. The molecular formula is C22H21Cl2N3O3S. The Morgan fingerprint density at radius 2 is 1.77 bits per heavy atom. The molecule has 1 aliphatic heterocycles. The van der Waals surface area contributed by atoms with Crippen LogP contribution in [0.4, 0.5) is 5.69 Å². The van der Waals surface area contributed by atoms with Gasteiger partial charge in [-0.1, -0.05) is 35.3 Å². The molecule has 0 aromatic heterocycles. The molecule has 162 valence electrons. The lowest BCUT2D eigenvalue weighted by atomic mass is 9.95. The number of hydrogen-bond acceptors (Lipinski definition) is 4. The van der Waals surface area contributed by atoms with Gasteiger partial charge in [0.1, 0.15) is 0 Å². The summed E-state index contributed by atoms with van der Waals surface area (Å²) in [5.41, 5.74) is 2.96. The molecule has 0 bridgehead atoms. The SMILES string of the molecule is CCOC(=O)C1=C(C)N(C)C(=S)NC1c1ccc(NC(=O)c2cc(Cl)cc(Cl)c2)cc1. The second-order valence-corrected chi connectivity index (χ2v) is 8.15. The van der Waals surface area contributed by atoms with Crippen molar-refractivity contribution in [3.63, 3.8) is 0 Å². The number of esters is 1. The van der Waals surface area contributed by atoms with Crippen molar-refractivity contribution in [3.05, 3.63) is 74.9 Å². The molecule has 1 unspecified atom stereocenters. The van der Waals surface area contributed by atoms with Crippen LogP contribution in [-0.4, -0.2) is 35.5 Å². The molecule has 0 aliphatic carbocycles. The van der Waals surface area contributed by atoms with E-state index in [0.717, 1.165) is 11.3 Å². The number of halogens is 2. The lowest BCUT2D eigenvalue weighted by Crippen LogP contribution is -2.46. The second-order valence-electron chi connectivity index (χ2n) is 6.90. The van der Waals surface area contributed by atoms with E-state index in [9.17, 15) is 9.59 Å². The minimum Gasteiger partial charge on any atom is -0.463 e. The number of hydrogen-bond donors (Lipinski definition) is 2. The van der Waals surface area contributed by atoms with Gasteiger partial charge in [-0.3, -0.25) is 4.79 Å². The van der Waals surface area contributed by atoms with E-state index in [2.05, 4.69) is 10.6 Å². The van der Waals surface area contributed by atoms with Gasteiger partial charge in [0.2, 0.25) is 0 Å². The highest BCUT2D eigenvalue weighted by atomic mass is 35.5. The van der Waals surface area contributed by atoms with Crippen LogP contribution < -0.4 is 10.6 Å². The Morgan fingerprint density at radius 1 is 1.16 bits per heavy atom. The van der Waals surface area contributed by atoms with Crippen LogP contribution in [0.5, 0.6) is 0 Å². The van der Waals surface area contributed by atoms with Crippen molar-refractivity contribution < 1.29 is 14.3 Å². The zero-order valence-electron chi connectivity index (χ0n) is 17.2. The van der Waals surface area contributed by atoms with Gasteiger partial charge in [-0.05, 0) is 62.0 Å². The maximum atomic E-state index is 12.6. The van der Waals surface area contributed by atoms with Crippen LogP contribution in [0, 0.1) is 0 Å². The maximum absolute atomic E-state index is 12.6. The topological polar surface area (TPSA) is 70.7 Å². The predicted molar refractivity (Wildman–Crippen MR) is 126 cm³/mol. The number of carbonyl (C=O) groups is 2. The van der Waals surface area contributed by atoms with Gasteiger partial charge in [0.15, 0.2) is 5.11 Å². The number of rotatable bonds is 5. The van der Waals surface area contributed by atoms with Crippen LogP contribution in [0.25, 0.3) is 0 Å². The Kier molecular flexibility index (Phi) is 7.20. The summed E-state index contributed by atoms with van der Waals surface area (Å²) >= 11 is 17.3. The third-order valence-corrected chi connectivity index (χ3v) is 5.70. The quantitative estimate of drug-likeness (QED) is 0.469. The molecule has 1 aliphatic rings. The number of thiocarbonyl (C=S) groups is 1. The van der Waals surface area contributed by atoms with Crippen LogP contribution in [0.3, 0.4) is 0 Å². The Labute approximate surface area is 196 Å². The Balaban J connectivity index is 1.84. The molecule has 6 nitrogen and oxygen atoms in total. The molecule has 2 aromatic carbocycles. The number of benzene rings is 2. The van der Waals surface area contributed by atoms with Gasteiger partial charge in [-0.15, -0.1) is 0 Å². The first-order chi connectivity index (χ1) is 14.7. The standard InChI is InChI=1S/C22H21Cl2N3O3S/c1-4-30-21(29)18-12(2)27(3)22(31)26-19(18)13-5-7-17(8-6-13)25-20(28)14-9-15(23)11-16(24)10-14/h5-11,19H,4H2,1-3H3,(H,25,28)(H,26,31). The van der Waals surface area contributed by atoms with Gasteiger partial charge < -0.3 is 20.3 Å². The number of carbonyl (C=O) groups excluding carboxylic acids is 2. The van der Waals surface area contributed by atoms with Gasteiger partial charge in [0, 0.05) is 34.0 Å². The maximum Gasteiger partial charge on any atom is 0.338 e. The van der Waals surface area contributed by atoms with Crippen molar-refractivity contribution in [3.8, 4) is 0 Å². The fraction of sp³-hybridized carbons (Fsp3) is 0.227. The summed E-state index contributed by atoms with van der Waals surface area (Å²) < 4.78 is 5.25. The van der Waals surface area contributed by atoms with E-state index >= 15 is 0 Å². The van der Waals surface area contributed by atoms with Crippen molar-refractivity contribution in [1.82, 2.24) is 10.2 Å². The molecule has 2 N–H and O–H groups in total. The Bertz CT molecular complexity index is 1050. The fourth-order valence-electron chi connectivity index (χ4n) is 3.21. The van der Waals surface area contributed by atoms with E-state index in [-0.39, 0.29) is 12.5 Å². The van der Waals surface area contributed by atoms with Crippen molar-refractivity contribution in [2.24, 2.45) is 0 Å². The van der Waals surface area contributed by atoms with E-state index in [0.29, 0.717) is 32.0 Å². The first-order valence-electron chi connectivity index (χ1n) is 9.50. The van der Waals surface area contributed by atoms with E-state index in [4.69, 9.17) is 40.2 Å². The lowest BCUT2D eigenvalue weighted by Gasteiger charge is -2.35. The smallest absolute Gasteiger partial charge is 0.338 e. The molecule has 1 heterocycles. The van der Waals surface area contributed by atoms with E-state index < -0.39 is 12.0 Å². The molecule has 0 radical (unpaired) electrons. The van der Waals surface area contributed by atoms with Gasteiger partial charge >= 0.3 is 5.97 Å². The lowest BCUT2D eigenvalue weighted by molar-refractivity contribution is -0.139. The molecular weight excluding hydrogens is 457 g/mol. The van der Waals surface area contributed by atoms with Crippen molar-refractivity contribution in [2.45, 2.75) is 19.9 Å². The molecule has 1 amide bonds. The summed E-state index contributed by atoms with van der Waals surface area (Å²) in [6, 6.07) is 11.3. The number of anilines is 1. The first-order valence-corrected chi connectivity index (χ1v) is 10.7. The zero-order chi connectivity index (χ0) is 22.7. The highest BCUT2D eigenvalue weighted by Gasteiger charge is 2.33. The third kappa shape index (κ3) is 5.18. The summed E-state index contributed by atoms with van der Waals surface area (Å²) in [4.78, 5) is 26.8. The molecule has 0 saturated carbocycles. The van der Waals surface area contributed by atoms with Crippen LogP contribution in [0.15, 0.2) is 53.7 Å². The largest absolute Gasteiger partial charge is 0.463 e. The van der Waals surface area contributed by atoms with Crippen molar-refractivity contribution in [2.75, 3.05) is 19.0 Å². The number of allylic oxidation sites excluding steroid dienone is 1. The molecule has 3 rings (SSSR count). The summed E-state index contributed by atoms with van der Waals surface area (Å²) in [7, 11) is 1.79. The van der Waals surface area contributed by atoms with E-state index in [1.165, 1.54) is 0 Å². The second kappa shape index (κ2) is 9.68. The molecule has 9 heteroatoms. The van der Waals surface area contributed by atoms with Crippen molar-refractivity contribution in [1.29, 1.82) is 0 Å². The van der Waals surface area contributed by atoms with Crippen LogP contribution in [-0.2, 0) is 9.53 Å². The van der Waals surface area contributed by atoms with E-state index in [1.54, 1.807) is 49.2 Å². The minimum absolute atomic E-state index is 0.273. The Hall–Kier alpha value is -2.61. The summed E-state index contributed by atoms with van der Waals surface area (Å²) in [6.07, 6.45) is 0. The minimum atomic E-state index is -0.459. The number of amides is 1. The molecule has 0 spiro atoms. The predicted octanol–water partition coefficient (Wildman–Crippen LogP) is 4.94. The normalized spacial score (nSPS) is 16.1. The Morgan fingerprint density at radius 3 is 2.35 bits per heavy atom. The average Bonchev–Trinajstić information content (AvgIpc) is 2.71. The average molecular weight is 478 g/mol. The summed E-state index contributed by atoms with van der Waals surface area (Å²) in [5.74, 6) is -0.735. The van der Waals surface area contributed by atoms with Gasteiger partial charge in [0.05, 0.1) is 18.2 Å². The van der Waals surface area contributed by atoms with Gasteiger partial charge in [0.25, 0.3) is 5.91 Å². The van der Waals surface area contributed by atoms with Crippen LogP contribution >= 0.6 is 35.4 Å². The fourth-order valence-corrected chi connectivity index (χ4v) is 3.99. The third-order valence-electron chi connectivity index (χ3n) is 4.88. The number of nitrogens with zero attached hydrogens (tertiary/aromatic N) is 1. The molecule has 0 fully saturated rings. The molecule has 31 heavy (non-hydrogen) atoms. The summed E-state index contributed by atoms with van der Waals surface area (Å²) in [6.45, 7) is 3.87. The molecule has 2 aromatic rings. The van der Waals surface area contributed by atoms with Gasteiger partial charge in [-0.2, -0.15) is 0 Å². The van der Waals surface area contributed by atoms with Gasteiger partial charge in [-0.25, -0.2) is 4.79 Å². The van der Waals surface area contributed by atoms with Crippen LogP contribution in [0.2, 0.25) is 10.0 Å². The first kappa shape index (κ1) is 23.1. The highest BCUT2D eigenvalue weighted by molar-refractivity contribution is 7.80. The molecule has 1 atom stereocenters. The molecule has 0 saturated heterocycles. The van der Waals surface area contributed by atoms with Crippen molar-refractivity contribution >= 4 is 58.1 Å². The number of nitrogens with one attached hydrogen (secondary N) is 2. The summed E-state index contributed by atoms with van der Waals surface area (Å²) in [5, 5.41) is 7.26. The van der Waals surface area contributed by atoms with E-state index in [1.807, 2.05) is 19.1 Å².